The van der Waals surface area contributed by atoms with Crippen LogP contribution in [0.2, 0.25) is 0 Å². The molecule has 0 saturated heterocycles. The first-order valence-corrected chi connectivity index (χ1v) is 6.59. The van der Waals surface area contributed by atoms with Gasteiger partial charge in [0.15, 0.2) is 0 Å². The summed E-state index contributed by atoms with van der Waals surface area (Å²) in [6, 6.07) is 0. The number of hydrogen-bond donors (Lipinski definition) is 1. The minimum atomic E-state index is 0.887. The lowest BCUT2D eigenvalue weighted by atomic mass is 10.1. The molecule has 1 aromatic rings. The molecule has 0 radical (unpaired) electrons. The molecule has 3 nitrogen and oxygen atoms in total. The van der Waals surface area contributed by atoms with Crippen LogP contribution < -0.4 is 5.32 Å². The predicted octanol–water partition coefficient (Wildman–Crippen LogP) is 2.96. The minimum absolute atomic E-state index is 0.887. The molecule has 0 aliphatic heterocycles. The second-order valence-corrected chi connectivity index (χ2v) is 4.23. The van der Waals surface area contributed by atoms with Crippen molar-refractivity contribution in [2.24, 2.45) is 0 Å². The largest absolute Gasteiger partial charge is 0.334 e. The number of imidazole rings is 1. The summed E-state index contributed by atoms with van der Waals surface area (Å²) < 4.78 is 2.27. The lowest BCUT2D eigenvalue weighted by Gasteiger charge is -2.07. The highest BCUT2D eigenvalue weighted by Crippen LogP contribution is 2.06. The number of aryl methyl sites for hydroxylation is 1. The van der Waals surface area contributed by atoms with Crippen molar-refractivity contribution in [1.29, 1.82) is 0 Å². The fraction of sp³-hybridized carbons (Fsp3) is 0.769. The van der Waals surface area contributed by atoms with E-state index >= 15 is 0 Å². The molecule has 92 valence electrons. The van der Waals surface area contributed by atoms with Gasteiger partial charge >= 0.3 is 0 Å². The molecular weight excluding hydrogens is 198 g/mol. The summed E-state index contributed by atoms with van der Waals surface area (Å²) in [5.74, 6) is 1.16. The third kappa shape index (κ3) is 4.79. The monoisotopic (exact) mass is 223 g/mol. The Kier molecular flexibility index (Phi) is 6.90. The van der Waals surface area contributed by atoms with Crippen molar-refractivity contribution >= 4 is 0 Å². The molecule has 1 N–H and O–H groups in total. The third-order valence-electron chi connectivity index (χ3n) is 2.84. The van der Waals surface area contributed by atoms with Crippen molar-refractivity contribution in [3.63, 3.8) is 0 Å². The van der Waals surface area contributed by atoms with Crippen LogP contribution in [0.4, 0.5) is 0 Å². The highest BCUT2D eigenvalue weighted by atomic mass is 15.1. The van der Waals surface area contributed by atoms with Crippen LogP contribution in [-0.2, 0) is 13.1 Å². The van der Waals surface area contributed by atoms with Crippen LogP contribution in [0.5, 0.6) is 0 Å². The molecule has 1 rings (SSSR count). The summed E-state index contributed by atoms with van der Waals surface area (Å²) in [5.41, 5.74) is 0. The molecule has 1 heterocycles. The van der Waals surface area contributed by atoms with Crippen LogP contribution in [0.15, 0.2) is 12.4 Å². The van der Waals surface area contributed by atoms with Crippen LogP contribution in [0.3, 0.4) is 0 Å². The van der Waals surface area contributed by atoms with Gasteiger partial charge in [-0.15, -0.1) is 0 Å². The zero-order chi connectivity index (χ0) is 11.6. The van der Waals surface area contributed by atoms with Gasteiger partial charge < -0.3 is 9.88 Å². The molecule has 3 heteroatoms. The predicted molar refractivity (Wildman–Crippen MR) is 68.4 cm³/mol. The van der Waals surface area contributed by atoms with E-state index in [4.69, 9.17) is 0 Å². The van der Waals surface area contributed by atoms with Crippen molar-refractivity contribution in [3.05, 3.63) is 18.2 Å². The van der Waals surface area contributed by atoms with Crippen LogP contribution in [0.25, 0.3) is 0 Å². The minimum Gasteiger partial charge on any atom is -0.334 e. The van der Waals surface area contributed by atoms with Crippen LogP contribution in [0.1, 0.15) is 51.8 Å². The molecule has 0 saturated carbocycles. The molecule has 0 spiro atoms. The smallest absolute Gasteiger partial charge is 0.122 e. The Balaban J connectivity index is 2.22. The summed E-state index contributed by atoms with van der Waals surface area (Å²) in [6.07, 6.45) is 10.7. The Labute approximate surface area is 99.3 Å². The van der Waals surface area contributed by atoms with E-state index in [0.717, 1.165) is 25.5 Å². The van der Waals surface area contributed by atoms with E-state index in [1.165, 1.54) is 32.1 Å². The lowest BCUT2D eigenvalue weighted by Crippen LogP contribution is -2.16. The maximum atomic E-state index is 4.37. The molecule has 0 atom stereocenters. The fourth-order valence-electron chi connectivity index (χ4n) is 1.83. The number of hydrogen-bond acceptors (Lipinski definition) is 2. The topological polar surface area (TPSA) is 29.9 Å². The molecule has 0 unspecified atom stereocenters. The van der Waals surface area contributed by atoms with Crippen molar-refractivity contribution in [3.8, 4) is 0 Å². The highest BCUT2D eigenvalue weighted by Gasteiger charge is 2.00. The zero-order valence-electron chi connectivity index (χ0n) is 10.7. The van der Waals surface area contributed by atoms with Crippen LogP contribution >= 0.6 is 0 Å². The second-order valence-electron chi connectivity index (χ2n) is 4.23. The van der Waals surface area contributed by atoms with E-state index < -0.39 is 0 Å². The Morgan fingerprint density at radius 1 is 1.19 bits per heavy atom. The van der Waals surface area contributed by atoms with Gasteiger partial charge in [-0.05, 0) is 13.0 Å². The van der Waals surface area contributed by atoms with Gasteiger partial charge in [-0.2, -0.15) is 0 Å². The molecule has 0 aliphatic carbocycles. The Morgan fingerprint density at radius 3 is 2.75 bits per heavy atom. The maximum Gasteiger partial charge on any atom is 0.122 e. The van der Waals surface area contributed by atoms with E-state index in [2.05, 4.69) is 34.9 Å². The van der Waals surface area contributed by atoms with Crippen LogP contribution in [0, 0.1) is 0 Å². The van der Waals surface area contributed by atoms with E-state index in [0.29, 0.717) is 0 Å². The second kappa shape index (κ2) is 8.34. The van der Waals surface area contributed by atoms with Gasteiger partial charge in [-0.3, -0.25) is 0 Å². The van der Waals surface area contributed by atoms with Gasteiger partial charge in [0.25, 0.3) is 0 Å². The van der Waals surface area contributed by atoms with E-state index in [-0.39, 0.29) is 0 Å². The fourth-order valence-corrected chi connectivity index (χ4v) is 1.83. The van der Waals surface area contributed by atoms with E-state index in [1.807, 2.05) is 6.20 Å². The van der Waals surface area contributed by atoms with Gasteiger partial charge in [0.05, 0.1) is 6.54 Å². The number of aromatic nitrogens is 2. The average Bonchev–Trinajstić information content (AvgIpc) is 2.74. The molecule has 0 aromatic carbocycles. The summed E-state index contributed by atoms with van der Waals surface area (Å²) in [6.45, 7) is 7.38. The molecule has 0 fully saturated rings. The summed E-state index contributed by atoms with van der Waals surface area (Å²) in [7, 11) is 0. The maximum absolute atomic E-state index is 4.37. The van der Waals surface area contributed by atoms with Gasteiger partial charge in [0, 0.05) is 18.9 Å². The summed E-state index contributed by atoms with van der Waals surface area (Å²) in [5, 5.41) is 3.32. The summed E-state index contributed by atoms with van der Waals surface area (Å²) >= 11 is 0. The van der Waals surface area contributed by atoms with Gasteiger partial charge in [0.1, 0.15) is 5.82 Å². The van der Waals surface area contributed by atoms with Crippen molar-refractivity contribution in [2.45, 2.75) is 59.0 Å². The van der Waals surface area contributed by atoms with Crippen molar-refractivity contribution in [1.82, 2.24) is 14.9 Å². The molecular formula is C13H25N3. The van der Waals surface area contributed by atoms with Gasteiger partial charge in [-0.1, -0.05) is 39.5 Å². The normalized spacial score (nSPS) is 10.9. The number of unbranched alkanes of at least 4 members (excludes halogenated alkanes) is 4. The molecule has 0 aliphatic rings. The quantitative estimate of drug-likeness (QED) is 0.652. The van der Waals surface area contributed by atoms with Crippen molar-refractivity contribution in [2.75, 3.05) is 6.54 Å². The molecule has 16 heavy (non-hydrogen) atoms. The summed E-state index contributed by atoms with van der Waals surface area (Å²) in [4.78, 5) is 4.37. The average molecular weight is 223 g/mol. The molecule has 0 amide bonds. The first kappa shape index (κ1) is 13.2. The number of nitrogens with one attached hydrogen (secondary N) is 1. The van der Waals surface area contributed by atoms with Crippen molar-refractivity contribution < 1.29 is 0 Å². The SMILES string of the molecule is CCCCCCCn1ccnc1CNCC. The Morgan fingerprint density at radius 2 is 2.00 bits per heavy atom. The molecule has 1 aromatic heterocycles. The first-order chi connectivity index (χ1) is 7.88. The Bertz CT molecular complexity index is 268. The van der Waals surface area contributed by atoms with E-state index in [1.54, 1.807) is 0 Å². The highest BCUT2D eigenvalue weighted by molar-refractivity contribution is 4.91. The molecule has 0 bridgehead atoms. The number of nitrogens with zero attached hydrogens (tertiary/aromatic N) is 2. The van der Waals surface area contributed by atoms with E-state index in [9.17, 15) is 0 Å². The zero-order valence-corrected chi connectivity index (χ0v) is 10.7. The lowest BCUT2D eigenvalue weighted by molar-refractivity contribution is 0.542. The third-order valence-corrected chi connectivity index (χ3v) is 2.84. The number of rotatable bonds is 9. The standard InChI is InChI=1S/C13H25N3/c1-3-5-6-7-8-10-16-11-9-15-13(16)12-14-4-2/h9,11,14H,3-8,10,12H2,1-2H3. The van der Waals surface area contributed by atoms with Gasteiger partial charge in [0.2, 0.25) is 0 Å². The first-order valence-electron chi connectivity index (χ1n) is 6.59. The Hall–Kier alpha value is -0.830. The van der Waals surface area contributed by atoms with Crippen LogP contribution in [-0.4, -0.2) is 16.1 Å². The van der Waals surface area contributed by atoms with Gasteiger partial charge in [-0.25, -0.2) is 4.98 Å².